The summed E-state index contributed by atoms with van der Waals surface area (Å²) in [6.45, 7) is 4.08. The number of nitrogens with one attached hydrogen (secondary N) is 1. The molecule has 0 aromatic carbocycles. The van der Waals surface area contributed by atoms with Crippen LogP contribution >= 0.6 is 0 Å². The molecule has 0 saturated heterocycles. The number of esters is 1. The molecule has 3 N–H and O–H groups in total. The minimum atomic E-state index is -1.20. The molecule has 0 aliphatic rings. The lowest BCUT2D eigenvalue weighted by Crippen LogP contribution is -2.46. The number of nitrogens with two attached hydrogens (primary N) is 1. The standard InChI is InChI=1S/C7H14N2O3/c1-3-9-6(10)5(8)7(11)12-4-2/h5H,3-4,8H2,1-2H3,(H,9,10). The number of ether oxygens (including phenoxy) is 1. The van der Waals surface area contributed by atoms with Gasteiger partial charge in [-0.15, -0.1) is 0 Å². The van der Waals surface area contributed by atoms with Crippen LogP contribution in [0.25, 0.3) is 0 Å². The third-order valence-electron chi connectivity index (χ3n) is 1.17. The van der Waals surface area contributed by atoms with Crippen LogP contribution in [-0.2, 0) is 14.3 Å². The topological polar surface area (TPSA) is 81.4 Å². The van der Waals surface area contributed by atoms with E-state index in [0.29, 0.717) is 6.54 Å². The second-order valence-corrected chi connectivity index (χ2v) is 2.12. The highest BCUT2D eigenvalue weighted by atomic mass is 16.5. The summed E-state index contributed by atoms with van der Waals surface area (Å²) in [5.74, 6) is -1.19. The van der Waals surface area contributed by atoms with Crippen molar-refractivity contribution >= 4 is 11.9 Å². The van der Waals surface area contributed by atoms with Crippen molar-refractivity contribution in [2.24, 2.45) is 5.73 Å². The van der Waals surface area contributed by atoms with Crippen molar-refractivity contribution in [3.8, 4) is 0 Å². The number of rotatable bonds is 4. The number of amides is 1. The van der Waals surface area contributed by atoms with Gasteiger partial charge in [-0.25, -0.2) is 4.79 Å². The maximum atomic E-state index is 10.9. The van der Waals surface area contributed by atoms with Gasteiger partial charge in [-0.3, -0.25) is 4.79 Å². The van der Waals surface area contributed by atoms with Crippen molar-refractivity contribution in [3.63, 3.8) is 0 Å². The molecule has 5 heteroatoms. The van der Waals surface area contributed by atoms with Crippen LogP contribution in [0.5, 0.6) is 0 Å². The summed E-state index contributed by atoms with van der Waals surface area (Å²) in [5.41, 5.74) is 5.25. The van der Waals surface area contributed by atoms with Gasteiger partial charge in [-0.2, -0.15) is 0 Å². The fourth-order valence-electron chi connectivity index (χ4n) is 0.623. The van der Waals surface area contributed by atoms with Crippen LogP contribution in [0.15, 0.2) is 0 Å². The van der Waals surface area contributed by atoms with Crippen LogP contribution in [0.3, 0.4) is 0 Å². The van der Waals surface area contributed by atoms with Crippen molar-refractivity contribution in [2.45, 2.75) is 19.9 Å². The monoisotopic (exact) mass is 174 g/mol. The first-order valence-electron chi connectivity index (χ1n) is 3.83. The number of carbonyl (C=O) groups excluding carboxylic acids is 2. The Morgan fingerprint density at radius 1 is 1.50 bits per heavy atom. The molecule has 0 fully saturated rings. The molecule has 70 valence electrons. The van der Waals surface area contributed by atoms with E-state index in [0.717, 1.165) is 0 Å². The van der Waals surface area contributed by atoms with Gasteiger partial charge in [0.05, 0.1) is 6.61 Å². The average Bonchev–Trinajstić information content (AvgIpc) is 2.04. The van der Waals surface area contributed by atoms with Crippen molar-refractivity contribution < 1.29 is 14.3 Å². The van der Waals surface area contributed by atoms with Gasteiger partial charge >= 0.3 is 5.97 Å². The first-order chi connectivity index (χ1) is 5.63. The van der Waals surface area contributed by atoms with E-state index >= 15 is 0 Å². The van der Waals surface area contributed by atoms with Gasteiger partial charge in [0.1, 0.15) is 0 Å². The first kappa shape index (κ1) is 10.9. The zero-order valence-corrected chi connectivity index (χ0v) is 7.29. The second kappa shape index (κ2) is 5.54. The van der Waals surface area contributed by atoms with Crippen LogP contribution in [-0.4, -0.2) is 31.1 Å². The van der Waals surface area contributed by atoms with E-state index in [1.54, 1.807) is 13.8 Å². The zero-order valence-electron chi connectivity index (χ0n) is 7.29. The molecule has 0 aromatic rings. The van der Waals surface area contributed by atoms with E-state index in [1.807, 2.05) is 0 Å². The predicted molar refractivity (Wildman–Crippen MR) is 43.3 cm³/mol. The lowest BCUT2D eigenvalue weighted by atomic mass is 10.3. The summed E-state index contributed by atoms with van der Waals surface area (Å²) in [7, 11) is 0. The minimum Gasteiger partial charge on any atom is -0.464 e. The molecule has 1 unspecified atom stereocenters. The molecule has 0 radical (unpaired) electrons. The molecule has 1 amide bonds. The van der Waals surface area contributed by atoms with E-state index in [1.165, 1.54) is 0 Å². The van der Waals surface area contributed by atoms with Gasteiger partial charge in [-0.05, 0) is 13.8 Å². The summed E-state index contributed by atoms with van der Waals surface area (Å²) in [4.78, 5) is 21.8. The van der Waals surface area contributed by atoms with Gasteiger partial charge in [0.25, 0.3) is 0 Å². The maximum absolute atomic E-state index is 10.9. The quantitative estimate of drug-likeness (QED) is 0.423. The predicted octanol–water partition coefficient (Wildman–Crippen LogP) is -0.987. The fraction of sp³-hybridized carbons (Fsp3) is 0.714. The Labute approximate surface area is 71.3 Å². The van der Waals surface area contributed by atoms with E-state index in [4.69, 9.17) is 5.73 Å². The van der Waals surface area contributed by atoms with Gasteiger partial charge in [-0.1, -0.05) is 0 Å². The van der Waals surface area contributed by atoms with Crippen LogP contribution in [0.1, 0.15) is 13.8 Å². The Bertz CT molecular complexity index is 152. The van der Waals surface area contributed by atoms with Crippen LogP contribution in [0, 0.1) is 0 Å². The Balaban J connectivity index is 3.91. The smallest absolute Gasteiger partial charge is 0.332 e. The highest BCUT2D eigenvalue weighted by Gasteiger charge is 2.22. The fourth-order valence-corrected chi connectivity index (χ4v) is 0.623. The van der Waals surface area contributed by atoms with Crippen molar-refractivity contribution in [3.05, 3.63) is 0 Å². The maximum Gasteiger partial charge on any atom is 0.332 e. The number of hydrogen-bond acceptors (Lipinski definition) is 4. The van der Waals surface area contributed by atoms with Crippen molar-refractivity contribution in [1.82, 2.24) is 5.32 Å². The largest absolute Gasteiger partial charge is 0.464 e. The van der Waals surface area contributed by atoms with Crippen LogP contribution in [0.4, 0.5) is 0 Å². The molecule has 0 bridgehead atoms. The lowest BCUT2D eigenvalue weighted by Gasteiger charge is -2.09. The van der Waals surface area contributed by atoms with Gasteiger partial charge in [0.2, 0.25) is 5.91 Å². The van der Waals surface area contributed by atoms with Crippen LogP contribution < -0.4 is 11.1 Å². The molecule has 0 aromatic heterocycles. The summed E-state index contributed by atoms with van der Waals surface area (Å²) in [5, 5.41) is 2.42. The van der Waals surface area contributed by atoms with Gasteiger partial charge in [0, 0.05) is 6.54 Å². The molecule has 0 saturated carbocycles. The highest BCUT2D eigenvalue weighted by Crippen LogP contribution is 1.85. The van der Waals surface area contributed by atoms with Gasteiger partial charge in [0.15, 0.2) is 6.04 Å². The Kier molecular flexibility index (Phi) is 5.03. The molecular weight excluding hydrogens is 160 g/mol. The summed E-state index contributed by atoms with van der Waals surface area (Å²) in [6.07, 6.45) is 0. The summed E-state index contributed by atoms with van der Waals surface area (Å²) >= 11 is 0. The highest BCUT2D eigenvalue weighted by molar-refractivity contribution is 6.01. The Morgan fingerprint density at radius 2 is 2.08 bits per heavy atom. The van der Waals surface area contributed by atoms with Gasteiger partial charge < -0.3 is 15.8 Å². The molecule has 0 heterocycles. The van der Waals surface area contributed by atoms with Crippen LogP contribution in [0.2, 0.25) is 0 Å². The molecule has 0 aliphatic heterocycles. The van der Waals surface area contributed by atoms with E-state index in [-0.39, 0.29) is 6.61 Å². The third kappa shape index (κ3) is 3.34. The van der Waals surface area contributed by atoms with E-state index in [2.05, 4.69) is 10.1 Å². The molecule has 0 spiro atoms. The number of likely N-dealkylation sites (N-methyl/N-ethyl adjacent to an activating group) is 1. The number of hydrogen-bond donors (Lipinski definition) is 2. The second-order valence-electron chi connectivity index (χ2n) is 2.12. The van der Waals surface area contributed by atoms with E-state index < -0.39 is 17.9 Å². The van der Waals surface area contributed by atoms with Crippen molar-refractivity contribution in [1.29, 1.82) is 0 Å². The van der Waals surface area contributed by atoms with E-state index in [9.17, 15) is 9.59 Å². The normalized spacial score (nSPS) is 11.9. The minimum absolute atomic E-state index is 0.228. The molecular formula is C7H14N2O3. The average molecular weight is 174 g/mol. The van der Waals surface area contributed by atoms with Crippen molar-refractivity contribution in [2.75, 3.05) is 13.2 Å². The molecule has 0 aliphatic carbocycles. The lowest BCUT2D eigenvalue weighted by molar-refractivity contribution is -0.147. The molecule has 1 atom stereocenters. The Morgan fingerprint density at radius 3 is 2.50 bits per heavy atom. The summed E-state index contributed by atoms with van der Waals surface area (Å²) in [6, 6.07) is -1.20. The summed E-state index contributed by atoms with van der Waals surface area (Å²) < 4.78 is 4.55. The third-order valence-corrected chi connectivity index (χ3v) is 1.17. The molecule has 12 heavy (non-hydrogen) atoms. The Hall–Kier alpha value is -1.10. The zero-order chi connectivity index (χ0) is 9.56. The molecule has 5 nitrogen and oxygen atoms in total. The number of carbonyl (C=O) groups is 2. The molecule has 0 rings (SSSR count). The SMILES string of the molecule is CCNC(=O)C(N)C(=O)OCC. The first-order valence-corrected chi connectivity index (χ1v) is 3.83.